The average Bonchev–Trinajstić information content (AvgIpc) is 2.51. The molecule has 0 aliphatic heterocycles. The Balaban J connectivity index is 2.61. The Bertz CT molecular complexity index is 791. The molecule has 21 heavy (non-hydrogen) atoms. The third-order valence-corrected chi connectivity index (χ3v) is 3.33. The zero-order chi connectivity index (χ0) is 15.4. The van der Waals surface area contributed by atoms with E-state index in [4.69, 9.17) is 11.0 Å². The van der Waals surface area contributed by atoms with Gasteiger partial charge in [-0.3, -0.25) is 9.78 Å². The minimum Gasteiger partial charge on any atom is -0.368 e. The lowest BCUT2D eigenvalue weighted by Crippen LogP contribution is -2.25. The highest BCUT2D eigenvalue weighted by Crippen LogP contribution is 2.15. The molecule has 7 nitrogen and oxygen atoms in total. The van der Waals surface area contributed by atoms with Crippen molar-refractivity contribution in [3.05, 3.63) is 46.0 Å². The maximum atomic E-state index is 12.2. The first-order valence-corrected chi connectivity index (χ1v) is 7.14. The van der Waals surface area contributed by atoms with Gasteiger partial charge in [0.2, 0.25) is 5.95 Å². The summed E-state index contributed by atoms with van der Waals surface area (Å²) in [5, 5.41) is 13.5. The highest BCUT2D eigenvalue weighted by molar-refractivity contribution is 7.98. The number of anilines is 1. The van der Waals surface area contributed by atoms with E-state index in [1.54, 1.807) is 31.5 Å². The van der Waals surface area contributed by atoms with Crippen LogP contribution in [0.15, 0.2) is 39.3 Å². The monoisotopic (exact) mass is 300 g/mol. The van der Waals surface area contributed by atoms with Gasteiger partial charge in [-0.25, -0.2) is 4.98 Å². The molecule has 2 N–H and O–H groups in total. The second-order valence-corrected chi connectivity index (χ2v) is 4.78. The number of nitrogen functional groups attached to an aromatic ring is 1. The van der Waals surface area contributed by atoms with Gasteiger partial charge in [-0.2, -0.15) is 15.0 Å². The van der Waals surface area contributed by atoms with Gasteiger partial charge in [0, 0.05) is 6.20 Å². The number of nitrogens with two attached hydrogens (primary N) is 1. The molecule has 0 aliphatic rings. The number of nitriles is 1. The van der Waals surface area contributed by atoms with Crippen molar-refractivity contribution in [3.8, 4) is 6.07 Å². The lowest BCUT2D eigenvalue weighted by molar-refractivity contribution is 0.784. The Morgan fingerprint density at radius 1 is 1.52 bits per heavy atom. The standard InChI is InChI=1S/C13H12N6OS/c1-8(10-5-3-4-6-16-10)18-19-12(20)9(7-14)11(21-2)17-13(19)15/h3-6H,1-2H3,(H2,15,17)/b18-8+. The SMILES string of the molecule is CSc1nc(N)n(/N=C(\C)c2ccccn2)c(=O)c1C#N. The first-order valence-electron chi connectivity index (χ1n) is 5.92. The summed E-state index contributed by atoms with van der Waals surface area (Å²) >= 11 is 1.18. The zero-order valence-corrected chi connectivity index (χ0v) is 12.3. The van der Waals surface area contributed by atoms with E-state index in [1.807, 2.05) is 12.1 Å². The van der Waals surface area contributed by atoms with Crippen molar-refractivity contribution in [2.75, 3.05) is 12.0 Å². The Labute approximate surface area is 125 Å². The Morgan fingerprint density at radius 3 is 2.86 bits per heavy atom. The van der Waals surface area contributed by atoms with Crippen LogP contribution in [0.1, 0.15) is 18.2 Å². The summed E-state index contributed by atoms with van der Waals surface area (Å²) in [6.07, 6.45) is 3.34. The molecule has 0 amide bonds. The van der Waals surface area contributed by atoms with Crippen LogP contribution in [0.3, 0.4) is 0 Å². The molecular weight excluding hydrogens is 288 g/mol. The van der Waals surface area contributed by atoms with Crippen molar-refractivity contribution in [2.45, 2.75) is 11.9 Å². The van der Waals surface area contributed by atoms with E-state index in [0.717, 1.165) is 4.68 Å². The van der Waals surface area contributed by atoms with Crippen LogP contribution in [0, 0.1) is 11.3 Å². The second kappa shape index (κ2) is 6.19. The third kappa shape index (κ3) is 2.93. The van der Waals surface area contributed by atoms with Crippen LogP contribution in [-0.2, 0) is 0 Å². The van der Waals surface area contributed by atoms with Crippen molar-refractivity contribution >= 4 is 23.4 Å². The number of rotatable bonds is 3. The van der Waals surface area contributed by atoms with Gasteiger partial charge in [-0.15, -0.1) is 11.8 Å². The average molecular weight is 300 g/mol. The molecule has 0 unspecified atom stereocenters. The van der Waals surface area contributed by atoms with Gasteiger partial charge in [0.05, 0.1) is 11.4 Å². The smallest absolute Gasteiger partial charge is 0.294 e. The molecule has 0 fully saturated rings. The summed E-state index contributed by atoms with van der Waals surface area (Å²) in [7, 11) is 0. The zero-order valence-electron chi connectivity index (χ0n) is 11.4. The molecule has 0 radical (unpaired) electrons. The van der Waals surface area contributed by atoms with Crippen molar-refractivity contribution in [1.29, 1.82) is 5.26 Å². The molecule has 0 saturated heterocycles. The molecule has 2 rings (SSSR count). The normalized spacial score (nSPS) is 11.2. The maximum Gasteiger partial charge on any atom is 0.294 e. The number of nitrogens with zero attached hydrogens (tertiary/aromatic N) is 5. The minimum absolute atomic E-state index is 0.0707. The van der Waals surface area contributed by atoms with Gasteiger partial charge in [-0.05, 0) is 25.3 Å². The predicted octanol–water partition coefficient (Wildman–Crippen LogP) is 1.09. The van der Waals surface area contributed by atoms with E-state index in [9.17, 15) is 4.79 Å². The largest absolute Gasteiger partial charge is 0.368 e. The molecule has 8 heteroatoms. The highest BCUT2D eigenvalue weighted by Gasteiger charge is 2.14. The molecular formula is C13H12N6OS. The van der Waals surface area contributed by atoms with Gasteiger partial charge in [-0.1, -0.05) is 6.07 Å². The fraction of sp³-hybridized carbons (Fsp3) is 0.154. The van der Waals surface area contributed by atoms with E-state index in [0.29, 0.717) is 16.4 Å². The van der Waals surface area contributed by atoms with Crippen LogP contribution in [0.25, 0.3) is 0 Å². The Hall–Kier alpha value is -2.66. The molecule has 2 heterocycles. The van der Waals surface area contributed by atoms with Gasteiger partial charge in [0.25, 0.3) is 5.56 Å². The molecule has 2 aromatic heterocycles. The van der Waals surface area contributed by atoms with Crippen molar-refractivity contribution in [3.63, 3.8) is 0 Å². The second-order valence-electron chi connectivity index (χ2n) is 3.98. The van der Waals surface area contributed by atoms with E-state index < -0.39 is 5.56 Å². The van der Waals surface area contributed by atoms with Crippen LogP contribution >= 0.6 is 11.8 Å². The number of thioether (sulfide) groups is 1. The predicted molar refractivity (Wildman–Crippen MR) is 81.3 cm³/mol. The quantitative estimate of drug-likeness (QED) is 0.516. The summed E-state index contributed by atoms with van der Waals surface area (Å²) in [5.74, 6) is -0.0707. The molecule has 2 aromatic rings. The molecule has 0 saturated carbocycles. The van der Waals surface area contributed by atoms with Gasteiger partial charge in [0.1, 0.15) is 11.1 Å². The first-order chi connectivity index (χ1) is 10.1. The number of aromatic nitrogens is 3. The van der Waals surface area contributed by atoms with Crippen LogP contribution in [0.4, 0.5) is 5.95 Å². The summed E-state index contributed by atoms with van der Waals surface area (Å²) in [5.41, 5.74) is 6.18. The van der Waals surface area contributed by atoms with Gasteiger partial charge in [0.15, 0.2) is 5.56 Å². The topological polar surface area (TPSA) is 110 Å². The van der Waals surface area contributed by atoms with Crippen LogP contribution in [0.5, 0.6) is 0 Å². The fourth-order valence-electron chi connectivity index (χ4n) is 1.63. The van der Waals surface area contributed by atoms with Gasteiger partial charge >= 0.3 is 0 Å². The third-order valence-electron chi connectivity index (χ3n) is 2.64. The summed E-state index contributed by atoms with van der Waals surface area (Å²) in [4.78, 5) is 20.4. The van der Waals surface area contributed by atoms with Crippen LogP contribution in [0.2, 0.25) is 0 Å². The molecule has 0 aliphatic carbocycles. The maximum absolute atomic E-state index is 12.2. The summed E-state index contributed by atoms with van der Waals surface area (Å²) in [6, 6.07) is 7.18. The van der Waals surface area contributed by atoms with Crippen molar-refractivity contribution < 1.29 is 0 Å². The summed E-state index contributed by atoms with van der Waals surface area (Å²) < 4.78 is 0.919. The summed E-state index contributed by atoms with van der Waals surface area (Å²) in [6.45, 7) is 1.70. The van der Waals surface area contributed by atoms with Crippen molar-refractivity contribution in [2.24, 2.45) is 5.10 Å². The van der Waals surface area contributed by atoms with E-state index in [-0.39, 0.29) is 11.5 Å². The Morgan fingerprint density at radius 2 is 2.29 bits per heavy atom. The van der Waals surface area contributed by atoms with E-state index >= 15 is 0 Å². The molecule has 0 atom stereocenters. The lowest BCUT2D eigenvalue weighted by Gasteiger charge is -2.07. The number of hydrogen-bond acceptors (Lipinski definition) is 7. The first kappa shape index (κ1) is 14.7. The molecule has 106 valence electrons. The van der Waals surface area contributed by atoms with Crippen molar-refractivity contribution in [1.82, 2.24) is 14.6 Å². The highest BCUT2D eigenvalue weighted by atomic mass is 32.2. The van der Waals surface area contributed by atoms with E-state index in [2.05, 4.69) is 15.1 Å². The van der Waals surface area contributed by atoms with E-state index in [1.165, 1.54) is 11.8 Å². The number of hydrogen-bond donors (Lipinski definition) is 1. The fourth-order valence-corrected chi connectivity index (χ4v) is 2.15. The lowest BCUT2D eigenvalue weighted by atomic mass is 10.3. The minimum atomic E-state index is -0.593. The molecule has 0 spiro atoms. The molecule has 0 bridgehead atoms. The van der Waals surface area contributed by atoms with Crippen LogP contribution in [-0.4, -0.2) is 26.6 Å². The van der Waals surface area contributed by atoms with Crippen LogP contribution < -0.4 is 11.3 Å². The van der Waals surface area contributed by atoms with Gasteiger partial charge < -0.3 is 5.73 Å². The molecule has 0 aromatic carbocycles. The Kier molecular flexibility index (Phi) is 4.35. The number of pyridine rings is 1.